The Kier molecular flexibility index (Phi) is 4.81. The molecule has 6 heteroatoms. The van der Waals surface area contributed by atoms with Crippen molar-refractivity contribution in [2.75, 3.05) is 19.8 Å². The lowest BCUT2D eigenvalue weighted by molar-refractivity contribution is 0.0945. The van der Waals surface area contributed by atoms with Crippen LogP contribution in [0.2, 0.25) is 0 Å². The smallest absolute Gasteiger partial charge is 0.269 e. The summed E-state index contributed by atoms with van der Waals surface area (Å²) in [6, 6.07) is 3.33. The molecule has 1 aromatic rings. The quantitative estimate of drug-likeness (QED) is 0.782. The van der Waals surface area contributed by atoms with Crippen molar-refractivity contribution in [3.63, 3.8) is 0 Å². The molecule has 1 amide bonds. The summed E-state index contributed by atoms with van der Waals surface area (Å²) in [5.41, 5.74) is 6.51. The molecule has 102 valence electrons. The number of hydrogen-bond donors (Lipinski definition) is 2. The first-order chi connectivity index (χ1) is 9.16. The van der Waals surface area contributed by atoms with Crippen molar-refractivity contribution in [3.8, 4) is 0 Å². The Hall–Kier alpha value is -1.53. The summed E-state index contributed by atoms with van der Waals surface area (Å²) in [5, 5.41) is 2.85. The van der Waals surface area contributed by atoms with Crippen molar-refractivity contribution in [2.45, 2.75) is 12.8 Å². The van der Waals surface area contributed by atoms with Crippen LogP contribution >= 0.6 is 12.2 Å². The lowest BCUT2D eigenvalue weighted by Crippen LogP contribution is -2.27. The number of hydrogen-bond acceptors (Lipinski definition) is 4. The highest BCUT2D eigenvalue weighted by Gasteiger charge is 2.15. The van der Waals surface area contributed by atoms with E-state index in [0.717, 1.165) is 26.1 Å². The molecule has 0 bridgehead atoms. The van der Waals surface area contributed by atoms with E-state index in [0.29, 0.717) is 23.7 Å². The number of rotatable bonds is 5. The molecule has 1 aliphatic heterocycles. The molecule has 3 N–H and O–H groups in total. The molecule has 0 aliphatic carbocycles. The first-order valence-electron chi connectivity index (χ1n) is 6.28. The van der Waals surface area contributed by atoms with Crippen LogP contribution in [0.1, 0.15) is 28.9 Å². The third kappa shape index (κ3) is 3.97. The molecule has 0 spiro atoms. The SMILES string of the molecule is NC(=S)c1ccc(C(=O)NCCC2CCOC2)nc1. The predicted molar refractivity (Wildman–Crippen MR) is 76.0 cm³/mol. The van der Waals surface area contributed by atoms with Crippen molar-refractivity contribution in [1.82, 2.24) is 10.3 Å². The normalized spacial score (nSPS) is 18.2. The lowest BCUT2D eigenvalue weighted by Gasteiger charge is -2.08. The average molecular weight is 279 g/mol. The maximum absolute atomic E-state index is 11.8. The van der Waals surface area contributed by atoms with Crippen LogP contribution in [0, 0.1) is 5.92 Å². The Bertz CT molecular complexity index is 455. The second-order valence-electron chi connectivity index (χ2n) is 4.57. The van der Waals surface area contributed by atoms with Crippen LogP contribution in [0.5, 0.6) is 0 Å². The molecule has 5 nitrogen and oxygen atoms in total. The molecule has 0 aromatic carbocycles. The van der Waals surface area contributed by atoms with E-state index < -0.39 is 0 Å². The van der Waals surface area contributed by atoms with E-state index in [4.69, 9.17) is 22.7 Å². The van der Waals surface area contributed by atoms with Gasteiger partial charge >= 0.3 is 0 Å². The molecule has 2 rings (SSSR count). The van der Waals surface area contributed by atoms with Gasteiger partial charge in [0.15, 0.2) is 0 Å². The summed E-state index contributed by atoms with van der Waals surface area (Å²) in [4.78, 5) is 16.2. The van der Waals surface area contributed by atoms with Gasteiger partial charge in [-0.05, 0) is 30.9 Å². The van der Waals surface area contributed by atoms with E-state index in [1.54, 1.807) is 12.1 Å². The first kappa shape index (κ1) is 13.9. The zero-order valence-corrected chi connectivity index (χ0v) is 11.4. The second-order valence-corrected chi connectivity index (χ2v) is 5.01. The first-order valence-corrected chi connectivity index (χ1v) is 6.69. The molecule has 1 aliphatic rings. The number of nitrogens with one attached hydrogen (secondary N) is 1. The Morgan fingerprint density at radius 2 is 2.42 bits per heavy atom. The maximum atomic E-state index is 11.8. The Morgan fingerprint density at radius 3 is 3.00 bits per heavy atom. The summed E-state index contributed by atoms with van der Waals surface area (Å²) < 4.78 is 5.29. The average Bonchev–Trinajstić information content (AvgIpc) is 2.92. The standard InChI is InChI=1S/C13H17N3O2S/c14-12(19)10-1-2-11(16-7-10)13(17)15-5-3-9-4-6-18-8-9/h1-2,7,9H,3-6,8H2,(H2,14,19)(H,15,17). The van der Waals surface area contributed by atoms with Crippen LogP contribution in [0.4, 0.5) is 0 Å². The molecule has 2 heterocycles. The molecular formula is C13H17N3O2S. The van der Waals surface area contributed by atoms with E-state index in [9.17, 15) is 4.79 Å². The fourth-order valence-electron chi connectivity index (χ4n) is 1.97. The third-order valence-corrected chi connectivity index (χ3v) is 3.38. The molecule has 1 fully saturated rings. The molecular weight excluding hydrogens is 262 g/mol. The van der Waals surface area contributed by atoms with E-state index in [2.05, 4.69) is 10.3 Å². The minimum Gasteiger partial charge on any atom is -0.389 e. The van der Waals surface area contributed by atoms with E-state index in [1.165, 1.54) is 6.20 Å². The fourth-order valence-corrected chi connectivity index (χ4v) is 2.09. The Morgan fingerprint density at radius 1 is 1.58 bits per heavy atom. The third-order valence-electron chi connectivity index (χ3n) is 3.14. The van der Waals surface area contributed by atoms with Crippen LogP contribution in [-0.2, 0) is 4.74 Å². The molecule has 1 unspecified atom stereocenters. The fraction of sp³-hybridized carbons (Fsp3) is 0.462. The van der Waals surface area contributed by atoms with Crippen LogP contribution in [0.15, 0.2) is 18.3 Å². The van der Waals surface area contributed by atoms with Crippen LogP contribution < -0.4 is 11.1 Å². The molecule has 1 atom stereocenters. The van der Waals surface area contributed by atoms with Gasteiger partial charge in [-0.3, -0.25) is 9.78 Å². The van der Waals surface area contributed by atoms with Crippen molar-refractivity contribution >= 4 is 23.1 Å². The summed E-state index contributed by atoms with van der Waals surface area (Å²) in [6.07, 6.45) is 3.54. The van der Waals surface area contributed by atoms with Crippen molar-refractivity contribution in [3.05, 3.63) is 29.6 Å². The number of ether oxygens (including phenoxy) is 1. The van der Waals surface area contributed by atoms with Crippen molar-refractivity contribution < 1.29 is 9.53 Å². The molecule has 1 saturated heterocycles. The van der Waals surface area contributed by atoms with E-state index >= 15 is 0 Å². The van der Waals surface area contributed by atoms with E-state index in [-0.39, 0.29) is 10.9 Å². The summed E-state index contributed by atoms with van der Waals surface area (Å²) in [7, 11) is 0. The van der Waals surface area contributed by atoms with Crippen LogP contribution in [0.25, 0.3) is 0 Å². The second kappa shape index (κ2) is 6.58. The Labute approximate surface area is 117 Å². The monoisotopic (exact) mass is 279 g/mol. The van der Waals surface area contributed by atoms with Gasteiger partial charge < -0.3 is 15.8 Å². The van der Waals surface area contributed by atoms with Crippen molar-refractivity contribution in [2.24, 2.45) is 11.7 Å². The number of nitrogens with zero attached hydrogens (tertiary/aromatic N) is 1. The van der Waals surface area contributed by atoms with Gasteiger partial charge in [0.1, 0.15) is 10.7 Å². The van der Waals surface area contributed by atoms with Gasteiger partial charge in [0.25, 0.3) is 5.91 Å². The number of carbonyl (C=O) groups excluding carboxylic acids is 1. The summed E-state index contributed by atoms with van der Waals surface area (Å²) in [5.74, 6) is 0.388. The van der Waals surface area contributed by atoms with Crippen LogP contribution in [0.3, 0.4) is 0 Å². The highest BCUT2D eigenvalue weighted by atomic mass is 32.1. The molecule has 19 heavy (non-hydrogen) atoms. The van der Waals surface area contributed by atoms with Crippen molar-refractivity contribution in [1.29, 1.82) is 0 Å². The predicted octanol–water partition coefficient (Wildman–Crippen LogP) is 0.872. The maximum Gasteiger partial charge on any atom is 0.269 e. The summed E-state index contributed by atoms with van der Waals surface area (Å²) in [6.45, 7) is 2.28. The number of aromatic nitrogens is 1. The van der Waals surface area contributed by atoms with Gasteiger partial charge in [0, 0.05) is 31.5 Å². The highest BCUT2D eigenvalue weighted by molar-refractivity contribution is 7.80. The van der Waals surface area contributed by atoms with Gasteiger partial charge in [-0.2, -0.15) is 0 Å². The van der Waals surface area contributed by atoms with Crippen LogP contribution in [-0.4, -0.2) is 35.6 Å². The van der Waals surface area contributed by atoms with Gasteiger partial charge in [-0.1, -0.05) is 12.2 Å². The highest BCUT2D eigenvalue weighted by Crippen LogP contribution is 2.15. The number of carbonyl (C=O) groups is 1. The minimum atomic E-state index is -0.173. The van der Waals surface area contributed by atoms with Gasteiger partial charge in [-0.25, -0.2) is 0 Å². The zero-order chi connectivity index (χ0) is 13.7. The minimum absolute atomic E-state index is 0.173. The number of amides is 1. The molecule has 0 saturated carbocycles. The van der Waals surface area contributed by atoms with Gasteiger partial charge in [0.2, 0.25) is 0 Å². The number of thiocarbonyl (C=S) groups is 1. The zero-order valence-electron chi connectivity index (χ0n) is 10.6. The topological polar surface area (TPSA) is 77.2 Å². The van der Waals surface area contributed by atoms with Gasteiger partial charge in [0.05, 0.1) is 0 Å². The molecule has 1 aromatic heterocycles. The Balaban J connectivity index is 1.80. The van der Waals surface area contributed by atoms with Gasteiger partial charge in [-0.15, -0.1) is 0 Å². The lowest BCUT2D eigenvalue weighted by atomic mass is 10.1. The largest absolute Gasteiger partial charge is 0.389 e. The number of nitrogens with two attached hydrogens (primary N) is 1. The van der Waals surface area contributed by atoms with E-state index in [1.807, 2.05) is 0 Å². The number of pyridine rings is 1. The summed E-state index contributed by atoms with van der Waals surface area (Å²) >= 11 is 4.83. The molecule has 0 radical (unpaired) electrons.